The summed E-state index contributed by atoms with van der Waals surface area (Å²) >= 11 is -0.804. The van der Waals surface area contributed by atoms with Gasteiger partial charge in [-0.2, -0.15) is 0 Å². The van der Waals surface area contributed by atoms with Gasteiger partial charge in [-0.15, -0.1) is 0 Å². The molecule has 0 spiro atoms. The van der Waals surface area contributed by atoms with Crippen molar-refractivity contribution in [2.24, 2.45) is 5.90 Å². The van der Waals surface area contributed by atoms with Crippen LogP contribution in [0.5, 0.6) is 0 Å². The van der Waals surface area contributed by atoms with E-state index in [1.54, 1.807) is 12.2 Å². The van der Waals surface area contributed by atoms with Gasteiger partial charge in [-0.25, -0.2) is 10.7 Å². The molecule has 17 heavy (non-hydrogen) atoms. The second-order valence-electron chi connectivity index (χ2n) is 3.14. The molecular formula is C11H21NO4S. The molecule has 0 aromatic heterocycles. The van der Waals surface area contributed by atoms with Crippen molar-refractivity contribution < 1.29 is 19.7 Å². The molecule has 0 aromatic rings. The van der Waals surface area contributed by atoms with Gasteiger partial charge in [0.1, 0.15) is 11.5 Å². The van der Waals surface area contributed by atoms with Crippen molar-refractivity contribution in [3.63, 3.8) is 0 Å². The fourth-order valence-electron chi connectivity index (χ4n) is 0.976. The van der Waals surface area contributed by atoms with Gasteiger partial charge in [-0.3, -0.25) is 0 Å². The van der Waals surface area contributed by atoms with Crippen LogP contribution < -0.4 is 5.90 Å². The van der Waals surface area contributed by atoms with E-state index in [0.717, 1.165) is 31.1 Å². The molecule has 4 N–H and O–H groups in total. The smallest absolute Gasteiger partial charge is 0.328 e. The fraction of sp³-hybridized carbons (Fsp3) is 0.545. The van der Waals surface area contributed by atoms with Crippen LogP contribution >= 0.6 is 0 Å². The Kier molecular flexibility index (Phi) is 16.6. The Morgan fingerprint density at radius 3 is 2.53 bits per heavy atom. The molecule has 0 fully saturated rings. The zero-order valence-corrected chi connectivity index (χ0v) is 10.9. The Hall–Kier alpha value is -0.820. The Bertz CT molecular complexity index is 232. The van der Waals surface area contributed by atoms with Gasteiger partial charge in [0.2, 0.25) is 0 Å². The van der Waals surface area contributed by atoms with Crippen LogP contribution in [0.1, 0.15) is 26.2 Å². The summed E-state index contributed by atoms with van der Waals surface area (Å²) in [6.07, 6.45) is 9.10. The number of carboxylic acids is 1. The Labute approximate surface area is 105 Å². The summed E-state index contributed by atoms with van der Waals surface area (Å²) in [5, 5.41) is 14.8. The van der Waals surface area contributed by atoms with Crippen LogP contribution in [0.3, 0.4) is 0 Å². The summed E-state index contributed by atoms with van der Waals surface area (Å²) in [6, 6.07) is 0. The standard InChI is InChI=1S/C11H18O3S.H3NO/c1-2-3-6-9-15(14)10-7-4-5-8-11(12)13;1-2/h4-5,7-8H,2-3,6,9-10H2,1H3,(H,12,13);2H,1H2. The summed E-state index contributed by atoms with van der Waals surface area (Å²) in [5.74, 6) is 3.78. The third-order valence-electron chi connectivity index (χ3n) is 1.74. The predicted octanol–water partition coefficient (Wildman–Crippen LogP) is 1.46. The van der Waals surface area contributed by atoms with Crippen LogP contribution in [0.2, 0.25) is 0 Å². The summed E-state index contributed by atoms with van der Waals surface area (Å²) in [6.45, 7) is 2.11. The third kappa shape index (κ3) is 17.8. The van der Waals surface area contributed by atoms with Gasteiger partial charge < -0.3 is 14.9 Å². The lowest BCUT2D eigenvalue weighted by Crippen LogP contribution is -2.09. The fourth-order valence-corrected chi connectivity index (χ4v) is 1.99. The highest BCUT2D eigenvalue weighted by Gasteiger charge is 2.01. The first-order valence-electron chi connectivity index (χ1n) is 5.33. The van der Waals surface area contributed by atoms with Crippen molar-refractivity contribution in [1.82, 2.24) is 0 Å². The molecule has 0 aliphatic carbocycles. The minimum Gasteiger partial charge on any atom is -0.616 e. The minimum absolute atomic E-state index is 0.508. The molecule has 5 nitrogen and oxygen atoms in total. The van der Waals surface area contributed by atoms with Crippen molar-refractivity contribution in [3.05, 3.63) is 24.3 Å². The van der Waals surface area contributed by atoms with Gasteiger partial charge in [0, 0.05) is 6.08 Å². The molecule has 0 bridgehead atoms. The van der Waals surface area contributed by atoms with E-state index in [0.29, 0.717) is 5.75 Å². The van der Waals surface area contributed by atoms with Crippen molar-refractivity contribution >= 4 is 17.1 Å². The van der Waals surface area contributed by atoms with Gasteiger partial charge in [-0.1, -0.05) is 25.5 Å². The Balaban J connectivity index is 0. The lowest BCUT2D eigenvalue weighted by atomic mass is 10.3. The number of hydrogen-bond acceptors (Lipinski definition) is 4. The molecule has 0 saturated carbocycles. The normalized spacial score (nSPS) is 12.5. The maximum absolute atomic E-state index is 11.3. The van der Waals surface area contributed by atoms with E-state index in [1.165, 1.54) is 6.08 Å². The molecule has 0 rings (SSSR count). The van der Waals surface area contributed by atoms with E-state index >= 15 is 0 Å². The van der Waals surface area contributed by atoms with E-state index in [4.69, 9.17) is 10.3 Å². The first-order valence-corrected chi connectivity index (χ1v) is 6.82. The van der Waals surface area contributed by atoms with E-state index in [1.807, 2.05) is 0 Å². The summed E-state index contributed by atoms with van der Waals surface area (Å²) < 4.78 is 11.3. The average Bonchev–Trinajstić information content (AvgIpc) is 2.31. The zero-order valence-electron chi connectivity index (χ0n) is 10.0. The highest BCUT2D eigenvalue weighted by Crippen LogP contribution is 2.00. The summed E-state index contributed by atoms with van der Waals surface area (Å²) in [4.78, 5) is 10.1. The van der Waals surface area contributed by atoms with Crippen LogP contribution in [0, 0.1) is 0 Å². The van der Waals surface area contributed by atoms with E-state index in [9.17, 15) is 9.35 Å². The quantitative estimate of drug-likeness (QED) is 0.202. The molecule has 1 atom stereocenters. The molecule has 100 valence electrons. The molecule has 0 aliphatic heterocycles. The maximum atomic E-state index is 11.3. The molecule has 0 radical (unpaired) electrons. The van der Waals surface area contributed by atoms with Crippen LogP contribution in [0.15, 0.2) is 24.3 Å². The zero-order chi connectivity index (χ0) is 13.5. The number of rotatable bonds is 8. The SMILES string of the molecule is CCCCC[S+]([O-])CC=CC=CC(=O)O.NO. The van der Waals surface area contributed by atoms with Crippen LogP contribution in [0.4, 0.5) is 0 Å². The summed E-state index contributed by atoms with van der Waals surface area (Å²) in [7, 11) is 0. The summed E-state index contributed by atoms with van der Waals surface area (Å²) in [5.41, 5.74) is 0. The largest absolute Gasteiger partial charge is 0.616 e. The maximum Gasteiger partial charge on any atom is 0.328 e. The molecule has 0 heterocycles. The molecule has 0 saturated heterocycles. The van der Waals surface area contributed by atoms with E-state index in [-0.39, 0.29) is 0 Å². The lowest BCUT2D eigenvalue weighted by molar-refractivity contribution is -0.131. The van der Waals surface area contributed by atoms with Gasteiger partial charge >= 0.3 is 5.97 Å². The number of carboxylic acid groups (broad SMARTS) is 1. The highest BCUT2D eigenvalue weighted by molar-refractivity contribution is 7.91. The topological polar surface area (TPSA) is 107 Å². The number of carbonyl (C=O) groups is 1. The number of aliphatic carboxylic acids is 1. The minimum atomic E-state index is -0.969. The van der Waals surface area contributed by atoms with Gasteiger partial charge in [-0.05, 0) is 30.1 Å². The number of allylic oxidation sites excluding steroid dienone is 2. The van der Waals surface area contributed by atoms with Crippen LogP contribution in [-0.2, 0) is 16.0 Å². The van der Waals surface area contributed by atoms with Crippen LogP contribution in [-0.4, -0.2) is 32.3 Å². The monoisotopic (exact) mass is 263 g/mol. The Morgan fingerprint density at radius 1 is 1.35 bits per heavy atom. The molecule has 6 heteroatoms. The first-order chi connectivity index (χ1) is 8.16. The number of nitrogens with two attached hydrogens (primary N) is 1. The van der Waals surface area contributed by atoms with Crippen molar-refractivity contribution in [2.45, 2.75) is 26.2 Å². The van der Waals surface area contributed by atoms with E-state index < -0.39 is 17.1 Å². The Morgan fingerprint density at radius 2 is 2.00 bits per heavy atom. The molecule has 0 aliphatic rings. The average molecular weight is 263 g/mol. The molecule has 0 aromatic carbocycles. The van der Waals surface area contributed by atoms with Gasteiger partial charge in [0.25, 0.3) is 0 Å². The lowest BCUT2D eigenvalue weighted by Gasteiger charge is -2.07. The second kappa shape index (κ2) is 15.2. The first kappa shape index (κ1) is 18.5. The highest BCUT2D eigenvalue weighted by atomic mass is 32.2. The molecule has 1 unspecified atom stereocenters. The van der Waals surface area contributed by atoms with Crippen molar-refractivity contribution in [2.75, 3.05) is 11.5 Å². The molecule has 0 amide bonds. The molecular weight excluding hydrogens is 242 g/mol. The third-order valence-corrected chi connectivity index (χ3v) is 3.05. The van der Waals surface area contributed by atoms with Crippen molar-refractivity contribution in [1.29, 1.82) is 0 Å². The predicted molar refractivity (Wildman–Crippen MR) is 69.3 cm³/mol. The number of hydrogen-bond donors (Lipinski definition) is 3. The number of unbranched alkanes of at least 4 members (excludes halogenated alkanes) is 2. The van der Waals surface area contributed by atoms with Gasteiger partial charge in [0.05, 0.1) is 0 Å². The van der Waals surface area contributed by atoms with Crippen LogP contribution in [0.25, 0.3) is 0 Å². The second-order valence-corrected chi connectivity index (χ2v) is 4.76. The van der Waals surface area contributed by atoms with Gasteiger partial charge in [0.15, 0.2) is 0 Å². The van der Waals surface area contributed by atoms with Crippen molar-refractivity contribution in [3.8, 4) is 0 Å². The van der Waals surface area contributed by atoms with E-state index in [2.05, 4.69) is 12.8 Å².